The fraction of sp³-hybridized carbons (Fsp3) is 0. The molecule has 3 aromatic rings. The summed E-state index contributed by atoms with van der Waals surface area (Å²) in [5.41, 5.74) is 0.983. The van der Waals surface area contributed by atoms with Crippen molar-refractivity contribution >= 4 is 29.2 Å². The topological polar surface area (TPSA) is 57.0 Å². The van der Waals surface area contributed by atoms with E-state index in [0.29, 0.717) is 0 Å². The molecule has 0 spiro atoms. The van der Waals surface area contributed by atoms with Crippen LogP contribution in [0.3, 0.4) is 0 Å². The Bertz CT molecular complexity index is 819. The lowest BCUT2D eigenvalue weighted by Crippen LogP contribution is -2.10. The molecule has 0 radical (unpaired) electrons. The fourth-order valence-corrected chi connectivity index (χ4v) is 2.22. The molecule has 1 aromatic carbocycles. The molecule has 0 aliphatic carbocycles. The Hall–Kier alpha value is -2.37. The van der Waals surface area contributed by atoms with Crippen LogP contribution >= 0.6 is 23.2 Å². The summed E-state index contributed by atoms with van der Waals surface area (Å²) < 4.78 is 6.79. The van der Waals surface area contributed by atoms with Crippen molar-refractivity contribution in [1.29, 1.82) is 0 Å². The van der Waals surface area contributed by atoms with Crippen LogP contribution in [-0.2, 0) is 0 Å². The van der Waals surface area contributed by atoms with Crippen molar-refractivity contribution in [2.75, 3.05) is 0 Å². The Morgan fingerprint density at radius 3 is 2.55 bits per heavy atom. The third-order valence-corrected chi connectivity index (χ3v) is 3.32. The van der Waals surface area contributed by atoms with E-state index in [1.165, 1.54) is 12.1 Å². The van der Waals surface area contributed by atoms with E-state index in [9.17, 15) is 4.79 Å². The lowest BCUT2D eigenvalue weighted by Gasteiger charge is -2.03. The van der Waals surface area contributed by atoms with Gasteiger partial charge in [-0.05, 0) is 24.3 Å². The molecule has 7 heteroatoms. The molecule has 0 fully saturated rings. The van der Waals surface area contributed by atoms with Crippen molar-refractivity contribution in [3.63, 3.8) is 0 Å². The van der Waals surface area contributed by atoms with E-state index in [2.05, 4.69) is 10.1 Å². The van der Waals surface area contributed by atoms with Gasteiger partial charge in [0.25, 0.3) is 0 Å². The monoisotopic (exact) mass is 333 g/mol. The second-order valence-electron chi connectivity index (χ2n) is 4.30. The number of carbonyl (C=O) groups is 1. The maximum Gasteiger partial charge on any atom is 0.348 e. The van der Waals surface area contributed by atoms with Crippen LogP contribution in [0.2, 0.25) is 10.3 Å². The van der Waals surface area contributed by atoms with Gasteiger partial charge in [-0.1, -0.05) is 41.4 Å². The van der Waals surface area contributed by atoms with Gasteiger partial charge >= 0.3 is 5.97 Å². The number of carbonyl (C=O) groups excluding carboxylic acids is 1. The summed E-state index contributed by atoms with van der Waals surface area (Å²) in [7, 11) is 0. The molecule has 0 bridgehead atoms. The van der Waals surface area contributed by atoms with Gasteiger partial charge in [0, 0.05) is 12.3 Å². The molecule has 2 heterocycles. The predicted octanol–water partition coefficient (Wildman–Crippen LogP) is 3.79. The van der Waals surface area contributed by atoms with Crippen molar-refractivity contribution in [3.8, 4) is 11.6 Å². The highest BCUT2D eigenvalue weighted by molar-refractivity contribution is 6.34. The average Bonchev–Trinajstić information content (AvgIpc) is 2.96. The quantitative estimate of drug-likeness (QED) is 0.540. The number of ether oxygens (including phenoxy) is 1. The summed E-state index contributed by atoms with van der Waals surface area (Å²) in [6.45, 7) is 0. The molecule has 22 heavy (non-hydrogen) atoms. The molecule has 0 aliphatic rings. The summed E-state index contributed by atoms with van der Waals surface area (Å²) in [6.07, 6.45) is 1.69. The lowest BCUT2D eigenvalue weighted by molar-refractivity contribution is 0.0726. The molecule has 2 aromatic heterocycles. The van der Waals surface area contributed by atoms with Crippen LogP contribution in [0.25, 0.3) is 5.69 Å². The predicted molar refractivity (Wildman–Crippen MR) is 82.8 cm³/mol. The highest BCUT2D eigenvalue weighted by atomic mass is 35.5. The molecule has 0 N–H and O–H groups in total. The van der Waals surface area contributed by atoms with Gasteiger partial charge in [-0.15, -0.1) is 5.10 Å². The Kier molecular flexibility index (Phi) is 4.09. The number of halogens is 2. The van der Waals surface area contributed by atoms with Crippen LogP contribution in [0.15, 0.2) is 54.7 Å². The van der Waals surface area contributed by atoms with E-state index in [0.717, 1.165) is 5.69 Å². The SMILES string of the molecule is O=C(Oc1ccn(-c2ccccc2)n1)c1ccc(Cl)nc1Cl. The largest absolute Gasteiger partial charge is 0.402 e. The summed E-state index contributed by atoms with van der Waals surface area (Å²) in [5.74, 6) is -0.479. The van der Waals surface area contributed by atoms with Crippen molar-refractivity contribution in [3.05, 3.63) is 70.6 Å². The van der Waals surface area contributed by atoms with Crippen LogP contribution in [-0.4, -0.2) is 20.7 Å². The molecule has 0 saturated heterocycles. The molecule has 0 amide bonds. The number of hydrogen-bond donors (Lipinski definition) is 0. The number of rotatable bonds is 3. The van der Waals surface area contributed by atoms with Gasteiger partial charge in [-0.25, -0.2) is 14.5 Å². The minimum Gasteiger partial charge on any atom is -0.402 e. The van der Waals surface area contributed by atoms with Crippen LogP contribution in [0, 0.1) is 0 Å². The zero-order valence-corrected chi connectivity index (χ0v) is 12.6. The third kappa shape index (κ3) is 3.10. The first-order valence-electron chi connectivity index (χ1n) is 6.29. The van der Waals surface area contributed by atoms with Crippen LogP contribution in [0.5, 0.6) is 5.88 Å². The van der Waals surface area contributed by atoms with E-state index in [1.54, 1.807) is 16.9 Å². The van der Waals surface area contributed by atoms with Gasteiger partial charge in [0.15, 0.2) is 0 Å². The van der Waals surface area contributed by atoms with Crippen molar-refractivity contribution in [1.82, 2.24) is 14.8 Å². The zero-order valence-electron chi connectivity index (χ0n) is 11.1. The second-order valence-corrected chi connectivity index (χ2v) is 5.04. The van der Waals surface area contributed by atoms with E-state index >= 15 is 0 Å². The van der Waals surface area contributed by atoms with Gasteiger partial charge in [-0.2, -0.15) is 0 Å². The van der Waals surface area contributed by atoms with Crippen LogP contribution in [0.1, 0.15) is 10.4 Å². The maximum atomic E-state index is 12.1. The third-order valence-electron chi connectivity index (χ3n) is 2.82. The van der Waals surface area contributed by atoms with E-state index in [4.69, 9.17) is 27.9 Å². The van der Waals surface area contributed by atoms with Gasteiger partial charge in [-0.3, -0.25) is 0 Å². The highest BCUT2D eigenvalue weighted by Gasteiger charge is 2.15. The van der Waals surface area contributed by atoms with Gasteiger partial charge in [0.1, 0.15) is 10.3 Å². The smallest absolute Gasteiger partial charge is 0.348 e. The zero-order chi connectivity index (χ0) is 15.5. The van der Waals surface area contributed by atoms with E-state index in [-0.39, 0.29) is 21.7 Å². The summed E-state index contributed by atoms with van der Waals surface area (Å²) in [6, 6.07) is 14.0. The number of para-hydroxylation sites is 1. The number of esters is 1. The molecule has 3 rings (SSSR count). The van der Waals surface area contributed by atoms with Gasteiger partial charge < -0.3 is 4.74 Å². The molecule has 0 saturated carbocycles. The number of benzene rings is 1. The number of hydrogen-bond acceptors (Lipinski definition) is 4. The first kappa shape index (κ1) is 14.6. The molecule has 0 aliphatic heterocycles. The standard InChI is InChI=1S/C15H9Cl2N3O2/c16-12-7-6-11(14(17)18-12)15(21)22-13-8-9-20(19-13)10-4-2-1-3-5-10/h1-9H. The van der Waals surface area contributed by atoms with Gasteiger partial charge in [0.05, 0.1) is 11.3 Å². The first-order valence-corrected chi connectivity index (χ1v) is 7.04. The number of nitrogens with zero attached hydrogens (tertiary/aromatic N) is 3. The lowest BCUT2D eigenvalue weighted by atomic mass is 10.3. The van der Waals surface area contributed by atoms with Crippen molar-refractivity contribution < 1.29 is 9.53 Å². The Balaban J connectivity index is 1.79. The van der Waals surface area contributed by atoms with Crippen LogP contribution < -0.4 is 4.74 Å². The van der Waals surface area contributed by atoms with Crippen molar-refractivity contribution in [2.45, 2.75) is 0 Å². The molecule has 110 valence electrons. The summed E-state index contributed by atoms with van der Waals surface area (Å²) in [5, 5.41) is 4.37. The van der Waals surface area contributed by atoms with Crippen LogP contribution in [0.4, 0.5) is 0 Å². The summed E-state index contributed by atoms with van der Waals surface area (Å²) in [4.78, 5) is 15.8. The van der Waals surface area contributed by atoms with Crippen molar-refractivity contribution in [2.24, 2.45) is 0 Å². The molecular formula is C15H9Cl2N3O2. The Morgan fingerprint density at radius 2 is 1.82 bits per heavy atom. The fourth-order valence-electron chi connectivity index (χ4n) is 1.80. The minimum atomic E-state index is -0.646. The number of aromatic nitrogens is 3. The molecule has 5 nitrogen and oxygen atoms in total. The average molecular weight is 334 g/mol. The maximum absolute atomic E-state index is 12.1. The normalized spacial score (nSPS) is 10.5. The molecular weight excluding hydrogens is 325 g/mol. The minimum absolute atomic E-state index is 0.0139. The van der Waals surface area contributed by atoms with Gasteiger partial charge in [0.2, 0.25) is 5.88 Å². The van der Waals surface area contributed by atoms with E-state index in [1.807, 2.05) is 30.3 Å². The second kappa shape index (κ2) is 6.17. The summed E-state index contributed by atoms with van der Waals surface area (Å²) >= 11 is 11.6. The first-order chi connectivity index (χ1) is 10.6. The Morgan fingerprint density at radius 1 is 1.05 bits per heavy atom. The number of pyridine rings is 1. The Labute approximate surface area is 136 Å². The molecule has 0 unspecified atom stereocenters. The highest BCUT2D eigenvalue weighted by Crippen LogP contribution is 2.19. The van der Waals surface area contributed by atoms with E-state index < -0.39 is 5.97 Å². The molecule has 0 atom stereocenters.